The van der Waals surface area contributed by atoms with Gasteiger partial charge in [-0.3, -0.25) is 0 Å². The first-order chi connectivity index (χ1) is 21.3. The van der Waals surface area contributed by atoms with Gasteiger partial charge in [0.2, 0.25) is 0 Å². The van der Waals surface area contributed by atoms with Crippen LogP contribution in [-0.2, 0) is 5.54 Å². The maximum atomic E-state index is 2.50. The average molecular weight is 568 g/mol. The van der Waals surface area contributed by atoms with E-state index in [0.717, 1.165) is 0 Å². The Morgan fingerprint density at radius 3 is 1.57 bits per heavy atom. The minimum Gasteiger partial charge on any atom is -0.335 e. The Morgan fingerprint density at radius 1 is 0.432 bits per heavy atom. The highest BCUT2D eigenvalue weighted by molar-refractivity contribution is 6.10. The molecule has 0 bridgehead atoms. The molecule has 0 unspecified atom stereocenters. The fraction of sp³-hybridized carbons (Fsp3) is 0.163. The van der Waals surface area contributed by atoms with Crippen molar-refractivity contribution in [2.75, 3.05) is 0 Å². The number of nitrogens with zero attached hydrogens (tertiary/aromatic N) is 1. The van der Waals surface area contributed by atoms with E-state index in [1.807, 2.05) is 0 Å². The van der Waals surface area contributed by atoms with Crippen molar-refractivity contribution in [1.29, 1.82) is 0 Å². The predicted molar refractivity (Wildman–Crippen MR) is 189 cm³/mol. The van der Waals surface area contributed by atoms with Crippen LogP contribution >= 0.6 is 0 Å². The fourth-order valence-corrected chi connectivity index (χ4v) is 7.34. The average Bonchev–Trinajstić information content (AvgIpc) is 3.38. The van der Waals surface area contributed by atoms with E-state index in [2.05, 4.69) is 167 Å². The number of fused-ring (bicyclic) bond motifs is 11. The van der Waals surface area contributed by atoms with Gasteiger partial charge in [-0.15, -0.1) is 0 Å². The fourth-order valence-electron chi connectivity index (χ4n) is 7.34. The molecule has 0 atom stereocenters. The van der Waals surface area contributed by atoms with E-state index < -0.39 is 0 Å². The molecule has 0 amide bonds. The molecule has 214 valence electrons. The van der Waals surface area contributed by atoms with Crippen molar-refractivity contribution in [2.24, 2.45) is 0 Å². The van der Waals surface area contributed by atoms with Crippen molar-refractivity contribution in [1.82, 2.24) is 4.57 Å². The molecule has 0 N–H and O–H groups in total. The summed E-state index contributed by atoms with van der Waals surface area (Å²) in [5.74, 6) is 0.456. The van der Waals surface area contributed by atoms with Gasteiger partial charge < -0.3 is 4.57 Å². The first-order valence-corrected chi connectivity index (χ1v) is 15.8. The van der Waals surface area contributed by atoms with Crippen LogP contribution in [0.5, 0.6) is 0 Å². The van der Waals surface area contributed by atoms with Gasteiger partial charge >= 0.3 is 0 Å². The normalized spacial score (nSPS) is 12.4. The Hall–Kier alpha value is -4.88. The zero-order valence-corrected chi connectivity index (χ0v) is 26.1. The smallest absolute Gasteiger partial charge is 0.0502 e. The molecule has 0 saturated heterocycles. The minimum atomic E-state index is -0.0455. The maximum Gasteiger partial charge on any atom is 0.0502 e. The van der Waals surface area contributed by atoms with Gasteiger partial charge in [0.05, 0.1) is 5.52 Å². The zero-order chi connectivity index (χ0) is 30.2. The first kappa shape index (κ1) is 26.7. The van der Waals surface area contributed by atoms with Gasteiger partial charge in [0.1, 0.15) is 0 Å². The summed E-state index contributed by atoms with van der Waals surface area (Å²) in [6.45, 7) is 11.5. The van der Waals surface area contributed by atoms with E-state index >= 15 is 0 Å². The number of aromatic nitrogens is 1. The van der Waals surface area contributed by atoms with Crippen LogP contribution in [0.25, 0.3) is 77.4 Å². The van der Waals surface area contributed by atoms with Crippen molar-refractivity contribution in [3.8, 4) is 55.6 Å². The second-order valence-electron chi connectivity index (χ2n) is 13.6. The summed E-state index contributed by atoms with van der Waals surface area (Å²) >= 11 is 0. The summed E-state index contributed by atoms with van der Waals surface area (Å²) in [7, 11) is 0. The van der Waals surface area contributed by atoms with E-state index in [1.165, 1.54) is 83.0 Å². The molecule has 8 rings (SSSR count). The van der Waals surface area contributed by atoms with Gasteiger partial charge in [-0.2, -0.15) is 0 Å². The highest BCUT2D eigenvalue weighted by Crippen LogP contribution is 2.49. The lowest BCUT2D eigenvalue weighted by atomic mass is 9.79. The highest BCUT2D eigenvalue weighted by atomic mass is 15.0. The summed E-state index contributed by atoms with van der Waals surface area (Å²) < 4.78 is 2.50. The molecule has 0 saturated carbocycles. The Morgan fingerprint density at radius 2 is 0.909 bits per heavy atom. The van der Waals surface area contributed by atoms with Crippen LogP contribution in [0, 0.1) is 0 Å². The third-order valence-corrected chi connectivity index (χ3v) is 9.42. The topological polar surface area (TPSA) is 4.93 Å². The molecule has 44 heavy (non-hydrogen) atoms. The number of hydrogen-bond donors (Lipinski definition) is 0. The van der Waals surface area contributed by atoms with Crippen molar-refractivity contribution < 1.29 is 0 Å². The summed E-state index contributed by atoms with van der Waals surface area (Å²) in [6.07, 6.45) is 0. The molecule has 0 aliphatic heterocycles. The van der Waals surface area contributed by atoms with Crippen LogP contribution in [0.3, 0.4) is 0 Å². The van der Waals surface area contributed by atoms with E-state index in [0.29, 0.717) is 5.92 Å². The van der Waals surface area contributed by atoms with E-state index in [-0.39, 0.29) is 5.54 Å². The standard InChI is InChI=1S/C43H37N/c1-27(2)28-18-21-36-39(24-28)34-15-9-8-13-32(34)31-12-6-7-14-33(31)35-22-19-29(25-40(35)36)30-20-23-38-37-16-10-11-17-41(37)44(42(38)26-30)43(3,4)5/h6-27H,1-5H3. The monoisotopic (exact) mass is 567 g/mol. The summed E-state index contributed by atoms with van der Waals surface area (Å²) in [4.78, 5) is 0. The largest absolute Gasteiger partial charge is 0.335 e. The van der Waals surface area contributed by atoms with Gasteiger partial charge in [0.15, 0.2) is 0 Å². The van der Waals surface area contributed by atoms with Gasteiger partial charge in [0.25, 0.3) is 0 Å². The summed E-state index contributed by atoms with van der Waals surface area (Å²) in [6, 6.07) is 47.9. The van der Waals surface area contributed by atoms with Crippen molar-refractivity contribution >= 4 is 21.8 Å². The lowest BCUT2D eigenvalue weighted by Gasteiger charge is -2.25. The molecule has 1 aromatic heterocycles. The summed E-state index contributed by atoms with van der Waals surface area (Å²) in [5.41, 5.74) is 16.7. The molecular weight excluding hydrogens is 530 g/mol. The van der Waals surface area contributed by atoms with Crippen molar-refractivity contribution in [3.63, 3.8) is 0 Å². The van der Waals surface area contributed by atoms with E-state index in [4.69, 9.17) is 0 Å². The molecule has 1 aliphatic rings. The maximum absolute atomic E-state index is 2.50. The number of para-hydroxylation sites is 1. The number of hydrogen-bond acceptors (Lipinski definition) is 0. The molecule has 1 aliphatic carbocycles. The third-order valence-electron chi connectivity index (χ3n) is 9.42. The minimum absolute atomic E-state index is 0.0455. The second kappa shape index (κ2) is 9.82. The van der Waals surface area contributed by atoms with Crippen LogP contribution in [-0.4, -0.2) is 4.57 Å². The van der Waals surface area contributed by atoms with Gasteiger partial charge in [0, 0.05) is 21.8 Å². The Balaban J connectivity index is 1.41. The predicted octanol–water partition coefficient (Wildman–Crippen LogP) is 12.3. The van der Waals surface area contributed by atoms with E-state index in [9.17, 15) is 0 Å². The van der Waals surface area contributed by atoms with Crippen LogP contribution in [0.15, 0.2) is 127 Å². The zero-order valence-electron chi connectivity index (χ0n) is 26.1. The molecule has 0 radical (unpaired) electrons. The number of benzene rings is 6. The molecular formula is C43H37N. The Kier molecular flexibility index (Phi) is 5.97. The van der Waals surface area contributed by atoms with Crippen LogP contribution < -0.4 is 0 Å². The SMILES string of the molecule is CC(C)c1ccc2c(c1)-c1ccccc1-c1ccccc1-c1ccc(-c3ccc4c5ccccc5n(C(C)(C)C)c4c3)cc1-2. The molecule has 6 aromatic carbocycles. The van der Waals surface area contributed by atoms with Gasteiger partial charge in [-0.05, 0) is 106 Å². The quantitative estimate of drug-likeness (QED) is 0.196. The lowest BCUT2D eigenvalue weighted by Crippen LogP contribution is -2.21. The molecule has 0 fully saturated rings. The van der Waals surface area contributed by atoms with Crippen molar-refractivity contribution in [2.45, 2.75) is 46.1 Å². The second-order valence-corrected chi connectivity index (χ2v) is 13.6. The third kappa shape index (κ3) is 4.07. The highest BCUT2D eigenvalue weighted by Gasteiger charge is 2.24. The van der Waals surface area contributed by atoms with Crippen molar-refractivity contribution in [3.05, 3.63) is 133 Å². The number of rotatable bonds is 2. The molecule has 0 spiro atoms. The summed E-state index contributed by atoms with van der Waals surface area (Å²) in [5, 5.41) is 2.62. The van der Waals surface area contributed by atoms with Crippen LogP contribution in [0.1, 0.15) is 46.1 Å². The van der Waals surface area contributed by atoms with Crippen LogP contribution in [0.2, 0.25) is 0 Å². The molecule has 1 nitrogen and oxygen atoms in total. The van der Waals surface area contributed by atoms with Gasteiger partial charge in [-0.1, -0.05) is 123 Å². The Labute approximate surface area is 260 Å². The first-order valence-electron chi connectivity index (χ1n) is 15.8. The molecule has 1 heterocycles. The Bertz CT molecular complexity index is 2230. The molecule has 1 heteroatoms. The van der Waals surface area contributed by atoms with Gasteiger partial charge in [-0.25, -0.2) is 0 Å². The lowest BCUT2D eigenvalue weighted by molar-refractivity contribution is 0.423. The van der Waals surface area contributed by atoms with E-state index in [1.54, 1.807) is 0 Å². The molecule has 7 aromatic rings. The van der Waals surface area contributed by atoms with Crippen LogP contribution in [0.4, 0.5) is 0 Å².